The first-order chi connectivity index (χ1) is 8.06. The number of aliphatic hydroxyl groups excluding tert-OH is 1. The fourth-order valence-electron chi connectivity index (χ4n) is 2.00. The van der Waals surface area contributed by atoms with Crippen LogP contribution in [-0.2, 0) is 11.3 Å². The topological polar surface area (TPSA) is 58.5 Å². The molecule has 5 nitrogen and oxygen atoms in total. The minimum absolute atomic E-state index is 0.164. The van der Waals surface area contributed by atoms with Gasteiger partial charge in [0, 0.05) is 6.54 Å². The molecule has 0 aliphatic carbocycles. The zero-order chi connectivity index (χ0) is 12.5. The Kier molecular flexibility index (Phi) is 3.51. The molecule has 17 heavy (non-hydrogen) atoms. The van der Waals surface area contributed by atoms with Crippen LogP contribution < -0.4 is 4.90 Å². The van der Waals surface area contributed by atoms with Crippen LogP contribution in [0.3, 0.4) is 0 Å². The van der Waals surface area contributed by atoms with E-state index in [2.05, 4.69) is 28.7 Å². The summed E-state index contributed by atoms with van der Waals surface area (Å²) >= 11 is 5.97. The van der Waals surface area contributed by atoms with Gasteiger partial charge in [0.2, 0.25) is 0 Å². The van der Waals surface area contributed by atoms with E-state index in [0.717, 1.165) is 6.54 Å². The van der Waals surface area contributed by atoms with Gasteiger partial charge in [-0.05, 0) is 13.8 Å². The molecule has 1 fully saturated rings. The number of rotatable bonds is 2. The van der Waals surface area contributed by atoms with Crippen LogP contribution in [0.5, 0.6) is 0 Å². The molecule has 2 heterocycles. The first-order valence-electron chi connectivity index (χ1n) is 5.52. The summed E-state index contributed by atoms with van der Waals surface area (Å²) < 4.78 is 5.46. The molecule has 0 atom stereocenters. The van der Waals surface area contributed by atoms with Gasteiger partial charge in [0.1, 0.15) is 17.3 Å². The van der Waals surface area contributed by atoms with Crippen LogP contribution in [0.4, 0.5) is 5.82 Å². The average molecular weight is 258 g/mol. The number of aromatic nitrogens is 2. The van der Waals surface area contributed by atoms with E-state index < -0.39 is 0 Å². The fraction of sp³-hybridized carbons (Fsp3) is 0.636. The van der Waals surface area contributed by atoms with E-state index in [1.54, 1.807) is 0 Å². The van der Waals surface area contributed by atoms with Crippen molar-refractivity contribution >= 4 is 17.4 Å². The molecule has 1 aliphatic rings. The monoisotopic (exact) mass is 257 g/mol. The van der Waals surface area contributed by atoms with Gasteiger partial charge < -0.3 is 14.7 Å². The van der Waals surface area contributed by atoms with Crippen molar-refractivity contribution in [1.29, 1.82) is 0 Å². The maximum absolute atomic E-state index is 9.38. The lowest BCUT2D eigenvalue weighted by Gasteiger charge is -2.43. The standard InChI is InChI=1S/C11H16ClN3O2/c1-11(2)6-17-4-3-15(11)10-8(5-16)9(12)13-7-14-10/h7,16H,3-6H2,1-2H3. The second kappa shape index (κ2) is 4.76. The molecule has 1 aliphatic heterocycles. The maximum Gasteiger partial charge on any atom is 0.140 e. The van der Waals surface area contributed by atoms with Crippen molar-refractivity contribution in [3.8, 4) is 0 Å². The Bertz CT molecular complexity index is 412. The fourth-order valence-corrected chi connectivity index (χ4v) is 2.19. The lowest BCUT2D eigenvalue weighted by Crippen LogP contribution is -2.53. The summed E-state index contributed by atoms with van der Waals surface area (Å²) in [5, 5.41) is 9.68. The van der Waals surface area contributed by atoms with Crippen molar-refractivity contribution in [2.45, 2.75) is 26.0 Å². The highest BCUT2D eigenvalue weighted by Crippen LogP contribution is 2.30. The highest BCUT2D eigenvalue weighted by molar-refractivity contribution is 6.30. The van der Waals surface area contributed by atoms with E-state index in [1.165, 1.54) is 6.33 Å². The Morgan fingerprint density at radius 2 is 2.29 bits per heavy atom. The molecule has 2 rings (SSSR count). The van der Waals surface area contributed by atoms with Crippen LogP contribution in [0.1, 0.15) is 19.4 Å². The molecule has 1 N–H and O–H groups in total. The molecule has 0 radical (unpaired) electrons. The molecule has 0 aromatic carbocycles. The van der Waals surface area contributed by atoms with Crippen molar-refractivity contribution in [3.05, 3.63) is 17.0 Å². The Hall–Kier alpha value is -0.910. The Morgan fingerprint density at radius 1 is 1.53 bits per heavy atom. The van der Waals surface area contributed by atoms with Crippen molar-refractivity contribution in [2.24, 2.45) is 0 Å². The molecule has 0 unspecified atom stereocenters. The van der Waals surface area contributed by atoms with E-state index in [1.807, 2.05) is 0 Å². The number of aliphatic hydroxyl groups is 1. The average Bonchev–Trinajstić information content (AvgIpc) is 2.28. The van der Waals surface area contributed by atoms with Gasteiger partial charge in [0.15, 0.2) is 0 Å². The third kappa shape index (κ3) is 2.36. The summed E-state index contributed by atoms with van der Waals surface area (Å²) in [6.45, 7) is 5.98. The number of anilines is 1. The minimum atomic E-state index is -0.167. The molecule has 1 aromatic heterocycles. The number of halogens is 1. The Labute approximate surface area is 105 Å². The first-order valence-corrected chi connectivity index (χ1v) is 5.89. The zero-order valence-electron chi connectivity index (χ0n) is 9.98. The van der Waals surface area contributed by atoms with E-state index in [4.69, 9.17) is 16.3 Å². The van der Waals surface area contributed by atoms with Gasteiger partial charge in [-0.25, -0.2) is 9.97 Å². The highest BCUT2D eigenvalue weighted by Gasteiger charge is 2.33. The van der Waals surface area contributed by atoms with Gasteiger partial charge >= 0.3 is 0 Å². The SMILES string of the molecule is CC1(C)COCCN1c1ncnc(Cl)c1CO. The van der Waals surface area contributed by atoms with Gasteiger partial charge in [-0.3, -0.25) is 0 Å². The van der Waals surface area contributed by atoms with Crippen molar-refractivity contribution in [1.82, 2.24) is 9.97 Å². The third-order valence-corrected chi connectivity index (χ3v) is 3.25. The van der Waals surface area contributed by atoms with Crippen LogP contribution in [0, 0.1) is 0 Å². The predicted octanol–water partition coefficient (Wildman–Crippen LogP) is 1.24. The Balaban J connectivity index is 2.42. The van der Waals surface area contributed by atoms with E-state index in [9.17, 15) is 5.11 Å². The molecule has 94 valence electrons. The molecule has 6 heteroatoms. The van der Waals surface area contributed by atoms with Crippen LogP contribution in [0.25, 0.3) is 0 Å². The summed E-state index contributed by atoms with van der Waals surface area (Å²) in [6, 6.07) is 0. The predicted molar refractivity (Wildman–Crippen MR) is 65.2 cm³/mol. The molecular formula is C11H16ClN3O2. The summed E-state index contributed by atoms with van der Waals surface area (Å²) in [5.74, 6) is 0.695. The van der Waals surface area contributed by atoms with Gasteiger partial charge in [-0.1, -0.05) is 11.6 Å². The van der Waals surface area contributed by atoms with Gasteiger partial charge in [-0.2, -0.15) is 0 Å². The van der Waals surface area contributed by atoms with Gasteiger partial charge in [-0.15, -0.1) is 0 Å². The molecule has 1 aromatic rings. The van der Waals surface area contributed by atoms with Crippen LogP contribution >= 0.6 is 11.6 Å². The van der Waals surface area contributed by atoms with E-state index in [0.29, 0.717) is 29.7 Å². The molecule has 0 bridgehead atoms. The van der Waals surface area contributed by atoms with Gasteiger partial charge in [0.05, 0.1) is 30.9 Å². The number of hydrogen-bond acceptors (Lipinski definition) is 5. The van der Waals surface area contributed by atoms with Crippen molar-refractivity contribution < 1.29 is 9.84 Å². The molecular weight excluding hydrogens is 242 g/mol. The quantitative estimate of drug-likeness (QED) is 0.808. The molecule has 0 amide bonds. The van der Waals surface area contributed by atoms with Crippen molar-refractivity contribution in [3.63, 3.8) is 0 Å². The summed E-state index contributed by atoms with van der Waals surface area (Å²) in [4.78, 5) is 10.2. The van der Waals surface area contributed by atoms with Gasteiger partial charge in [0.25, 0.3) is 0 Å². The zero-order valence-corrected chi connectivity index (χ0v) is 10.7. The first kappa shape index (κ1) is 12.5. The van der Waals surface area contributed by atoms with Crippen LogP contribution in [0.15, 0.2) is 6.33 Å². The molecule has 0 saturated carbocycles. The lowest BCUT2D eigenvalue weighted by molar-refractivity contribution is 0.0636. The van der Waals surface area contributed by atoms with E-state index >= 15 is 0 Å². The van der Waals surface area contributed by atoms with E-state index in [-0.39, 0.29) is 12.1 Å². The maximum atomic E-state index is 9.38. The number of hydrogen-bond donors (Lipinski definition) is 1. The largest absolute Gasteiger partial charge is 0.391 e. The molecule has 1 saturated heterocycles. The third-order valence-electron chi connectivity index (χ3n) is 2.93. The summed E-state index contributed by atoms with van der Waals surface area (Å²) in [6.07, 6.45) is 1.42. The minimum Gasteiger partial charge on any atom is -0.391 e. The smallest absolute Gasteiger partial charge is 0.140 e. The van der Waals surface area contributed by atoms with Crippen LogP contribution in [0.2, 0.25) is 5.15 Å². The Morgan fingerprint density at radius 3 is 2.94 bits per heavy atom. The number of morpholine rings is 1. The lowest BCUT2D eigenvalue weighted by atomic mass is 10.0. The molecule has 0 spiro atoms. The van der Waals surface area contributed by atoms with Crippen LogP contribution in [-0.4, -0.2) is 40.4 Å². The summed E-state index contributed by atoms with van der Waals surface area (Å²) in [5.41, 5.74) is 0.406. The second-order valence-corrected chi connectivity index (χ2v) is 5.00. The summed E-state index contributed by atoms with van der Waals surface area (Å²) in [7, 11) is 0. The normalized spacial score (nSPS) is 19.4. The highest BCUT2D eigenvalue weighted by atomic mass is 35.5. The van der Waals surface area contributed by atoms with Crippen molar-refractivity contribution in [2.75, 3.05) is 24.7 Å². The second-order valence-electron chi connectivity index (χ2n) is 4.64. The number of ether oxygens (including phenoxy) is 1. The number of nitrogens with zero attached hydrogens (tertiary/aromatic N) is 3.